The minimum Gasteiger partial charge on any atom is -0.497 e. The number of amides is 2. The van der Waals surface area contributed by atoms with Gasteiger partial charge in [0, 0.05) is 6.54 Å². The number of carbonyl (C=O) groups is 1. The van der Waals surface area contributed by atoms with Crippen LogP contribution in [0.3, 0.4) is 0 Å². The van der Waals surface area contributed by atoms with Gasteiger partial charge in [-0.25, -0.2) is 4.79 Å². The first-order chi connectivity index (χ1) is 10.6. The van der Waals surface area contributed by atoms with Gasteiger partial charge in [-0.2, -0.15) is 0 Å². The lowest BCUT2D eigenvalue weighted by Crippen LogP contribution is -2.54. The SMILES string of the molecule is COc1cccc(CCCNC(=O)NC(C)(CO)C2CC2)c1. The van der Waals surface area contributed by atoms with E-state index in [4.69, 9.17) is 4.74 Å². The van der Waals surface area contributed by atoms with Crippen LogP contribution in [0.15, 0.2) is 24.3 Å². The Labute approximate surface area is 132 Å². The van der Waals surface area contributed by atoms with Crippen LogP contribution in [-0.2, 0) is 6.42 Å². The molecule has 1 aliphatic rings. The molecule has 3 N–H and O–H groups in total. The van der Waals surface area contributed by atoms with Gasteiger partial charge in [0.05, 0.1) is 19.3 Å². The van der Waals surface area contributed by atoms with E-state index in [0.717, 1.165) is 31.4 Å². The fraction of sp³-hybridized carbons (Fsp3) is 0.588. The van der Waals surface area contributed by atoms with Crippen LogP contribution in [0.5, 0.6) is 5.75 Å². The number of benzene rings is 1. The summed E-state index contributed by atoms with van der Waals surface area (Å²) in [6.07, 6.45) is 3.90. The van der Waals surface area contributed by atoms with E-state index in [1.807, 2.05) is 25.1 Å². The first kappa shape index (κ1) is 16.6. The molecule has 0 heterocycles. The van der Waals surface area contributed by atoms with E-state index in [0.29, 0.717) is 12.5 Å². The van der Waals surface area contributed by atoms with Gasteiger partial charge in [0.25, 0.3) is 0 Å². The van der Waals surface area contributed by atoms with Gasteiger partial charge in [-0.1, -0.05) is 12.1 Å². The van der Waals surface area contributed by atoms with E-state index in [9.17, 15) is 9.90 Å². The fourth-order valence-electron chi connectivity index (χ4n) is 2.62. The van der Waals surface area contributed by atoms with Crippen molar-refractivity contribution in [2.24, 2.45) is 5.92 Å². The van der Waals surface area contributed by atoms with Crippen molar-refractivity contribution >= 4 is 6.03 Å². The molecular formula is C17H26N2O3. The van der Waals surface area contributed by atoms with E-state index in [-0.39, 0.29) is 12.6 Å². The van der Waals surface area contributed by atoms with Gasteiger partial charge in [0.15, 0.2) is 0 Å². The third-order valence-corrected chi connectivity index (χ3v) is 4.27. The Morgan fingerprint density at radius 3 is 2.86 bits per heavy atom. The first-order valence-electron chi connectivity index (χ1n) is 7.87. The van der Waals surface area contributed by atoms with Gasteiger partial charge >= 0.3 is 6.03 Å². The van der Waals surface area contributed by atoms with Crippen molar-refractivity contribution in [3.05, 3.63) is 29.8 Å². The number of aliphatic hydroxyl groups excluding tert-OH is 1. The van der Waals surface area contributed by atoms with Crippen LogP contribution in [0.2, 0.25) is 0 Å². The zero-order valence-electron chi connectivity index (χ0n) is 13.4. The zero-order chi connectivity index (χ0) is 16.0. The molecule has 0 bridgehead atoms. The third kappa shape index (κ3) is 4.63. The topological polar surface area (TPSA) is 70.6 Å². The van der Waals surface area contributed by atoms with E-state index < -0.39 is 5.54 Å². The summed E-state index contributed by atoms with van der Waals surface area (Å²) >= 11 is 0. The first-order valence-corrected chi connectivity index (χ1v) is 7.87. The maximum Gasteiger partial charge on any atom is 0.315 e. The number of urea groups is 1. The molecule has 0 aromatic heterocycles. The summed E-state index contributed by atoms with van der Waals surface area (Å²) in [6, 6.07) is 7.75. The molecule has 0 radical (unpaired) electrons. The number of hydrogen-bond donors (Lipinski definition) is 3. The molecule has 1 unspecified atom stereocenters. The zero-order valence-corrected chi connectivity index (χ0v) is 13.4. The van der Waals surface area contributed by atoms with Crippen molar-refractivity contribution in [3.63, 3.8) is 0 Å². The Balaban J connectivity index is 1.68. The van der Waals surface area contributed by atoms with Gasteiger partial charge < -0.3 is 20.5 Å². The quantitative estimate of drug-likeness (QED) is 0.644. The number of ether oxygens (including phenoxy) is 1. The predicted molar refractivity (Wildman–Crippen MR) is 86.1 cm³/mol. The lowest BCUT2D eigenvalue weighted by Gasteiger charge is -2.28. The van der Waals surface area contributed by atoms with Crippen molar-refractivity contribution in [1.82, 2.24) is 10.6 Å². The summed E-state index contributed by atoms with van der Waals surface area (Å²) in [7, 11) is 1.66. The van der Waals surface area contributed by atoms with Crippen molar-refractivity contribution in [2.45, 2.75) is 38.1 Å². The molecule has 0 spiro atoms. The minimum absolute atomic E-state index is 0.0190. The van der Waals surface area contributed by atoms with Gasteiger partial charge in [-0.3, -0.25) is 0 Å². The van der Waals surface area contributed by atoms with Crippen LogP contribution < -0.4 is 15.4 Å². The summed E-state index contributed by atoms with van der Waals surface area (Å²) in [5, 5.41) is 15.2. The highest BCUT2D eigenvalue weighted by Gasteiger charge is 2.42. The van der Waals surface area contributed by atoms with E-state index in [2.05, 4.69) is 16.7 Å². The molecule has 22 heavy (non-hydrogen) atoms. The average molecular weight is 306 g/mol. The average Bonchev–Trinajstić information content (AvgIpc) is 3.37. The normalized spacial score (nSPS) is 16.7. The maximum atomic E-state index is 11.9. The Bertz CT molecular complexity index is 502. The van der Waals surface area contributed by atoms with Crippen molar-refractivity contribution in [3.8, 4) is 5.75 Å². The molecular weight excluding hydrogens is 280 g/mol. The maximum absolute atomic E-state index is 11.9. The lowest BCUT2D eigenvalue weighted by molar-refractivity contribution is 0.155. The fourth-order valence-corrected chi connectivity index (χ4v) is 2.62. The van der Waals surface area contributed by atoms with Crippen molar-refractivity contribution < 1.29 is 14.6 Å². The Morgan fingerprint density at radius 1 is 1.45 bits per heavy atom. The van der Waals surface area contributed by atoms with E-state index >= 15 is 0 Å². The standard InChI is InChI=1S/C17H26N2O3/c1-17(12-20,14-8-9-14)19-16(21)18-10-4-6-13-5-3-7-15(11-13)22-2/h3,5,7,11,14,20H,4,6,8-10,12H2,1-2H3,(H2,18,19,21). The van der Waals surface area contributed by atoms with Gasteiger partial charge in [-0.05, 0) is 56.2 Å². The highest BCUT2D eigenvalue weighted by molar-refractivity contribution is 5.74. The molecule has 0 saturated heterocycles. The molecule has 1 fully saturated rings. The largest absolute Gasteiger partial charge is 0.497 e. The number of nitrogens with one attached hydrogen (secondary N) is 2. The van der Waals surface area contributed by atoms with Crippen LogP contribution >= 0.6 is 0 Å². The number of carbonyl (C=O) groups excluding carboxylic acids is 1. The van der Waals surface area contributed by atoms with Crippen molar-refractivity contribution in [1.29, 1.82) is 0 Å². The summed E-state index contributed by atoms with van der Waals surface area (Å²) in [5.41, 5.74) is 0.705. The number of aryl methyl sites for hydroxylation is 1. The number of hydrogen-bond acceptors (Lipinski definition) is 3. The third-order valence-electron chi connectivity index (χ3n) is 4.27. The Morgan fingerprint density at radius 2 is 2.23 bits per heavy atom. The molecule has 1 atom stereocenters. The number of methoxy groups -OCH3 is 1. The lowest BCUT2D eigenvalue weighted by atomic mass is 9.97. The summed E-state index contributed by atoms with van der Waals surface area (Å²) in [5.74, 6) is 1.26. The Kier molecular flexibility index (Phi) is 5.66. The van der Waals surface area contributed by atoms with Gasteiger partial charge in [0.2, 0.25) is 0 Å². The molecule has 2 rings (SSSR count). The second-order valence-corrected chi connectivity index (χ2v) is 6.19. The highest BCUT2D eigenvalue weighted by Crippen LogP contribution is 2.39. The monoisotopic (exact) mass is 306 g/mol. The van der Waals surface area contributed by atoms with Gasteiger partial charge in [-0.15, -0.1) is 0 Å². The van der Waals surface area contributed by atoms with Crippen LogP contribution in [0.25, 0.3) is 0 Å². The molecule has 122 valence electrons. The van der Waals surface area contributed by atoms with Crippen LogP contribution in [0, 0.1) is 5.92 Å². The molecule has 1 aromatic carbocycles. The number of aliphatic hydroxyl groups is 1. The summed E-state index contributed by atoms with van der Waals surface area (Å²) < 4.78 is 5.19. The predicted octanol–water partition coefficient (Wildman–Crippen LogP) is 2.09. The second kappa shape index (κ2) is 7.49. The molecule has 5 nitrogen and oxygen atoms in total. The van der Waals surface area contributed by atoms with E-state index in [1.54, 1.807) is 7.11 Å². The number of rotatable bonds is 8. The molecule has 0 aliphatic heterocycles. The minimum atomic E-state index is -0.489. The Hall–Kier alpha value is -1.75. The smallest absolute Gasteiger partial charge is 0.315 e. The molecule has 1 aromatic rings. The molecule has 1 aliphatic carbocycles. The van der Waals surface area contributed by atoms with Crippen molar-refractivity contribution in [2.75, 3.05) is 20.3 Å². The summed E-state index contributed by atoms with van der Waals surface area (Å²) in [4.78, 5) is 11.9. The van der Waals surface area contributed by atoms with E-state index in [1.165, 1.54) is 5.56 Å². The summed E-state index contributed by atoms with van der Waals surface area (Å²) in [6.45, 7) is 2.49. The van der Waals surface area contributed by atoms with Crippen LogP contribution in [0.1, 0.15) is 31.7 Å². The molecule has 1 saturated carbocycles. The van der Waals surface area contributed by atoms with Crippen LogP contribution in [-0.4, -0.2) is 36.9 Å². The molecule has 2 amide bonds. The highest BCUT2D eigenvalue weighted by atomic mass is 16.5. The molecule has 5 heteroatoms. The second-order valence-electron chi connectivity index (χ2n) is 6.19. The van der Waals surface area contributed by atoms with Gasteiger partial charge in [0.1, 0.15) is 5.75 Å². The van der Waals surface area contributed by atoms with Crippen LogP contribution in [0.4, 0.5) is 4.79 Å².